The number of rotatable bonds is 5. The fraction of sp³-hybridized carbons (Fsp3) is 0.160. The number of nitrogens with one attached hydrogen (secondary N) is 1. The first-order chi connectivity index (χ1) is 13.2. The summed E-state index contributed by atoms with van der Waals surface area (Å²) in [4.78, 5) is 4.41. The largest absolute Gasteiger partial charge is 0.306 e. The van der Waals surface area contributed by atoms with Gasteiger partial charge in [-0.15, -0.1) is 0 Å². The molecule has 4 aromatic rings. The molecule has 0 radical (unpaired) electrons. The molecule has 1 N–H and O–H groups in total. The van der Waals surface area contributed by atoms with Gasteiger partial charge in [-0.1, -0.05) is 60.7 Å². The van der Waals surface area contributed by atoms with E-state index in [1.807, 2.05) is 13.1 Å². The molecular formula is C25H24N2. The van der Waals surface area contributed by atoms with Crippen molar-refractivity contribution in [2.24, 2.45) is 0 Å². The predicted octanol–water partition coefficient (Wildman–Crippen LogP) is 6.06. The van der Waals surface area contributed by atoms with E-state index in [2.05, 4.69) is 96.1 Å². The van der Waals surface area contributed by atoms with Crippen molar-refractivity contribution in [3.63, 3.8) is 0 Å². The molecule has 2 nitrogen and oxygen atoms in total. The van der Waals surface area contributed by atoms with E-state index < -0.39 is 0 Å². The van der Waals surface area contributed by atoms with Crippen molar-refractivity contribution in [1.29, 1.82) is 0 Å². The molecule has 0 spiro atoms. The smallest absolute Gasteiger partial charge is 0.0373 e. The molecule has 0 bridgehead atoms. The van der Waals surface area contributed by atoms with Gasteiger partial charge in [0.2, 0.25) is 0 Å². The molecule has 27 heavy (non-hydrogen) atoms. The van der Waals surface area contributed by atoms with Crippen molar-refractivity contribution in [3.8, 4) is 11.1 Å². The summed E-state index contributed by atoms with van der Waals surface area (Å²) in [6.07, 6.45) is 1.94. The summed E-state index contributed by atoms with van der Waals surface area (Å²) in [5, 5.41) is 6.23. The van der Waals surface area contributed by atoms with Crippen molar-refractivity contribution < 1.29 is 0 Å². The van der Waals surface area contributed by atoms with Gasteiger partial charge in [-0.05, 0) is 59.5 Å². The van der Waals surface area contributed by atoms with Crippen molar-refractivity contribution in [2.45, 2.75) is 26.4 Å². The molecule has 1 heterocycles. The Labute approximate surface area is 160 Å². The zero-order valence-electron chi connectivity index (χ0n) is 15.8. The molecule has 0 saturated carbocycles. The van der Waals surface area contributed by atoms with Crippen molar-refractivity contribution in [3.05, 3.63) is 102 Å². The van der Waals surface area contributed by atoms with Crippen LogP contribution in [-0.2, 0) is 6.54 Å². The molecule has 0 aliphatic rings. The first-order valence-corrected chi connectivity index (χ1v) is 9.43. The maximum absolute atomic E-state index is 4.41. The zero-order valence-corrected chi connectivity index (χ0v) is 15.8. The number of aryl methyl sites for hydroxylation is 1. The Morgan fingerprint density at radius 1 is 0.815 bits per heavy atom. The maximum Gasteiger partial charge on any atom is 0.0373 e. The third kappa shape index (κ3) is 4.07. The van der Waals surface area contributed by atoms with Crippen LogP contribution in [0.2, 0.25) is 0 Å². The highest BCUT2D eigenvalue weighted by Crippen LogP contribution is 2.22. The van der Waals surface area contributed by atoms with E-state index in [1.165, 1.54) is 27.5 Å². The van der Waals surface area contributed by atoms with Crippen LogP contribution in [0.5, 0.6) is 0 Å². The lowest BCUT2D eigenvalue weighted by atomic mass is 10.0. The van der Waals surface area contributed by atoms with Gasteiger partial charge in [0, 0.05) is 30.0 Å². The number of benzene rings is 3. The standard InChI is InChI=1S/C25H24N2/c1-18-10-11-25(17-26-18)23-9-5-6-20(14-23)16-27-19(2)22-13-12-21-7-3-4-8-24(21)15-22/h3-15,17,19,27H,16H2,1-2H3/t19-/m1/s1. The minimum Gasteiger partial charge on any atom is -0.306 e. The van der Waals surface area contributed by atoms with Crippen LogP contribution >= 0.6 is 0 Å². The predicted molar refractivity (Wildman–Crippen MR) is 114 cm³/mol. The molecule has 0 aliphatic carbocycles. The van der Waals surface area contributed by atoms with Crippen LogP contribution in [-0.4, -0.2) is 4.98 Å². The lowest BCUT2D eigenvalue weighted by Gasteiger charge is -2.15. The Kier molecular flexibility index (Phi) is 4.99. The van der Waals surface area contributed by atoms with E-state index in [0.29, 0.717) is 6.04 Å². The molecule has 1 aromatic heterocycles. The van der Waals surface area contributed by atoms with Gasteiger partial charge in [0.05, 0.1) is 0 Å². The number of aromatic nitrogens is 1. The Bertz CT molecular complexity index is 1050. The fourth-order valence-corrected chi connectivity index (χ4v) is 3.37. The van der Waals surface area contributed by atoms with Crippen molar-refractivity contribution >= 4 is 10.8 Å². The normalized spacial score (nSPS) is 12.2. The van der Waals surface area contributed by atoms with Crippen LogP contribution in [0.4, 0.5) is 0 Å². The second-order valence-electron chi connectivity index (χ2n) is 7.10. The summed E-state index contributed by atoms with van der Waals surface area (Å²) >= 11 is 0. The average molecular weight is 352 g/mol. The van der Waals surface area contributed by atoms with Gasteiger partial charge >= 0.3 is 0 Å². The number of hydrogen-bond donors (Lipinski definition) is 1. The van der Waals surface area contributed by atoms with E-state index in [-0.39, 0.29) is 0 Å². The topological polar surface area (TPSA) is 24.9 Å². The SMILES string of the molecule is Cc1ccc(-c2cccc(CN[C@H](C)c3ccc4ccccc4c3)c2)cn1. The first kappa shape index (κ1) is 17.4. The van der Waals surface area contributed by atoms with Gasteiger partial charge in [-0.3, -0.25) is 4.98 Å². The van der Waals surface area contributed by atoms with Gasteiger partial charge in [0.1, 0.15) is 0 Å². The Balaban J connectivity index is 1.47. The highest BCUT2D eigenvalue weighted by Gasteiger charge is 2.07. The van der Waals surface area contributed by atoms with Crippen LogP contribution in [0.25, 0.3) is 21.9 Å². The molecule has 2 heteroatoms. The third-order valence-corrected chi connectivity index (χ3v) is 5.06. The van der Waals surface area contributed by atoms with Gasteiger partial charge < -0.3 is 5.32 Å². The highest BCUT2D eigenvalue weighted by atomic mass is 14.9. The summed E-state index contributed by atoms with van der Waals surface area (Å²) in [5.74, 6) is 0. The quantitative estimate of drug-likeness (QED) is 0.472. The Hall–Kier alpha value is -2.97. The van der Waals surface area contributed by atoms with Gasteiger partial charge in [0.25, 0.3) is 0 Å². The van der Waals surface area contributed by atoms with Crippen molar-refractivity contribution in [1.82, 2.24) is 10.3 Å². The van der Waals surface area contributed by atoms with E-state index in [0.717, 1.165) is 17.8 Å². The van der Waals surface area contributed by atoms with Gasteiger partial charge in [0.15, 0.2) is 0 Å². The molecule has 134 valence electrons. The van der Waals surface area contributed by atoms with Crippen LogP contribution in [0.1, 0.15) is 29.8 Å². The lowest BCUT2D eigenvalue weighted by molar-refractivity contribution is 0.575. The summed E-state index contributed by atoms with van der Waals surface area (Å²) < 4.78 is 0. The van der Waals surface area contributed by atoms with Crippen LogP contribution in [0.15, 0.2) is 85.1 Å². The number of fused-ring (bicyclic) bond motifs is 1. The third-order valence-electron chi connectivity index (χ3n) is 5.06. The van der Waals surface area contributed by atoms with E-state index in [1.54, 1.807) is 0 Å². The second kappa shape index (κ2) is 7.73. The van der Waals surface area contributed by atoms with Gasteiger partial charge in [-0.25, -0.2) is 0 Å². The summed E-state index contributed by atoms with van der Waals surface area (Å²) in [6, 6.07) is 28.4. The molecule has 3 aromatic carbocycles. The van der Waals surface area contributed by atoms with Crippen LogP contribution < -0.4 is 5.32 Å². The summed E-state index contributed by atoms with van der Waals surface area (Å²) in [5.41, 5.74) is 6.00. The molecule has 0 unspecified atom stereocenters. The molecular weight excluding hydrogens is 328 g/mol. The molecule has 1 atom stereocenters. The summed E-state index contributed by atoms with van der Waals surface area (Å²) in [6.45, 7) is 5.07. The van der Waals surface area contributed by atoms with E-state index in [4.69, 9.17) is 0 Å². The van der Waals surface area contributed by atoms with E-state index >= 15 is 0 Å². The Morgan fingerprint density at radius 3 is 2.48 bits per heavy atom. The number of pyridine rings is 1. The first-order valence-electron chi connectivity index (χ1n) is 9.43. The minimum atomic E-state index is 0.291. The molecule has 0 amide bonds. The van der Waals surface area contributed by atoms with Crippen molar-refractivity contribution in [2.75, 3.05) is 0 Å². The fourth-order valence-electron chi connectivity index (χ4n) is 3.37. The molecule has 4 rings (SSSR count). The lowest BCUT2D eigenvalue weighted by Crippen LogP contribution is -2.18. The van der Waals surface area contributed by atoms with Crippen LogP contribution in [0.3, 0.4) is 0 Å². The summed E-state index contributed by atoms with van der Waals surface area (Å²) in [7, 11) is 0. The molecule has 0 saturated heterocycles. The monoisotopic (exact) mass is 352 g/mol. The Morgan fingerprint density at radius 2 is 1.67 bits per heavy atom. The average Bonchev–Trinajstić information content (AvgIpc) is 2.72. The number of hydrogen-bond acceptors (Lipinski definition) is 2. The van der Waals surface area contributed by atoms with E-state index in [9.17, 15) is 0 Å². The van der Waals surface area contributed by atoms with Gasteiger partial charge in [-0.2, -0.15) is 0 Å². The molecule has 0 aliphatic heterocycles. The number of nitrogens with zero attached hydrogens (tertiary/aromatic N) is 1. The highest BCUT2D eigenvalue weighted by molar-refractivity contribution is 5.83. The molecule has 0 fully saturated rings. The second-order valence-corrected chi connectivity index (χ2v) is 7.10. The minimum absolute atomic E-state index is 0.291. The van der Waals surface area contributed by atoms with Crippen LogP contribution in [0, 0.1) is 6.92 Å². The zero-order chi connectivity index (χ0) is 18.6. The maximum atomic E-state index is 4.41.